The van der Waals surface area contributed by atoms with Gasteiger partial charge in [0.1, 0.15) is 5.75 Å². The number of halogens is 1. The Morgan fingerprint density at radius 2 is 1.97 bits per heavy atom. The zero-order valence-electron chi connectivity index (χ0n) is 17.3. The summed E-state index contributed by atoms with van der Waals surface area (Å²) in [7, 11) is 4.85. The second-order valence-electron chi connectivity index (χ2n) is 6.82. The fourth-order valence-corrected chi connectivity index (χ4v) is 3.31. The number of carbonyl (C=O) groups excluding carboxylic acids is 2. The number of hydrogen-bond acceptors (Lipinski definition) is 4. The Morgan fingerprint density at radius 3 is 2.60 bits per heavy atom. The van der Waals surface area contributed by atoms with E-state index in [2.05, 4.69) is 10.4 Å². The van der Waals surface area contributed by atoms with Gasteiger partial charge in [0, 0.05) is 24.7 Å². The minimum absolute atomic E-state index is 0.170. The fraction of sp³-hybridized carbons (Fsp3) is 0.227. The maximum absolute atomic E-state index is 13.0. The lowest BCUT2D eigenvalue weighted by molar-refractivity contribution is 0.0827. The van der Waals surface area contributed by atoms with E-state index in [-0.39, 0.29) is 11.8 Å². The number of amides is 2. The molecule has 0 saturated carbocycles. The number of anilines is 1. The SMILES string of the molecule is CCc1c(C(=O)Nc2cc(C(=O)N(C)C)ccc2OC)cnn1-c1cccc(Cl)c1. The molecule has 0 fully saturated rings. The van der Waals surface area contributed by atoms with Crippen molar-refractivity contribution in [2.24, 2.45) is 0 Å². The molecule has 1 heterocycles. The predicted molar refractivity (Wildman–Crippen MR) is 117 cm³/mol. The van der Waals surface area contributed by atoms with Crippen molar-refractivity contribution in [3.8, 4) is 11.4 Å². The number of carbonyl (C=O) groups is 2. The Hall–Kier alpha value is -3.32. The van der Waals surface area contributed by atoms with Crippen LogP contribution < -0.4 is 10.1 Å². The molecule has 0 atom stereocenters. The van der Waals surface area contributed by atoms with E-state index in [1.54, 1.807) is 49.1 Å². The second-order valence-corrected chi connectivity index (χ2v) is 7.26. The van der Waals surface area contributed by atoms with Gasteiger partial charge in [-0.2, -0.15) is 5.10 Å². The number of nitrogens with zero attached hydrogens (tertiary/aromatic N) is 3. The third-order valence-electron chi connectivity index (χ3n) is 4.60. The van der Waals surface area contributed by atoms with Gasteiger partial charge in [-0.05, 0) is 42.8 Å². The lowest BCUT2D eigenvalue weighted by Crippen LogP contribution is -2.22. The quantitative estimate of drug-likeness (QED) is 0.645. The first kappa shape index (κ1) is 21.4. The molecule has 1 aromatic heterocycles. The minimum Gasteiger partial charge on any atom is -0.495 e. The molecule has 0 unspecified atom stereocenters. The number of hydrogen-bond donors (Lipinski definition) is 1. The topological polar surface area (TPSA) is 76.5 Å². The molecule has 0 saturated heterocycles. The molecule has 0 aliphatic heterocycles. The van der Waals surface area contributed by atoms with Gasteiger partial charge in [-0.25, -0.2) is 4.68 Å². The van der Waals surface area contributed by atoms with Crippen LogP contribution in [0.3, 0.4) is 0 Å². The van der Waals surface area contributed by atoms with E-state index < -0.39 is 0 Å². The summed E-state index contributed by atoms with van der Waals surface area (Å²) in [6.07, 6.45) is 2.11. The molecule has 1 N–H and O–H groups in total. The van der Waals surface area contributed by atoms with Gasteiger partial charge in [0.15, 0.2) is 0 Å². The monoisotopic (exact) mass is 426 g/mol. The van der Waals surface area contributed by atoms with Crippen LogP contribution in [0.25, 0.3) is 5.69 Å². The van der Waals surface area contributed by atoms with Gasteiger partial charge in [-0.3, -0.25) is 9.59 Å². The zero-order chi connectivity index (χ0) is 21.8. The summed E-state index contributed by atoms with van der Waals surface area (Å²) in [5.74, 6) is -0.0528. The molecule has 3 aromatic rings. The first-order chi connectivity index (χ1) is 14.3. The van der Waals surface area contributed by atoms with E-state index in [0.717, 1.165) is 11.4 Å². The standard InChI is InChI=1S/C22H23ClN4O3/c1-5-19-17(13-24-27(19)16-8-6-7-15(23)12-16)21(28)25-18-11-14(22(29)26(2)3)9-10-20(18)30-4/h6-13H,5H2,1-4H3,(H,25,28). The Morgan fingerprint density at radius 1 is 1.20 bits per heavy atom. The van der Waals surface area contributed by atoms with Crippen LogP contribution in [-0.4, -0.2) is 47.7 Å². The van der Waals surface area contributed by atoms with E-state index in [4.69, 9.17) is 16.3 Å². The van der Waals surface area contributed by atoms with E-state index in [1.807, 2.05) is 19.1 Å². The Labute approximate surface area is 180 Å². The van der Waals surface area contributed by atoms with Crippen molar-refractivity contribution < 1.29 is 14.3 Å². The summed E-state index contributed by atoms with van der Waals surface area (Å²) >= 11 is 6.10. The van der Waals surface area contributed by atoms with E-state index in [9.17, 15) is 9.59 Å². The smallest absolute Gasteiger partial charge is 0.259 e. The zero-order valence-corrected chi connectivity index (χ0v) is 18.0. The number of aromatic nitrogens is 2. The summed E-state index contributed by atoms with van der Waals surface area (Å²) in [6, 6.07) is 12.2. The molecule has 2 aromatic carbocycles. The molecule has 0 bridgehead atoms. The van der Waals surface area contributed by atoms with Crippen LogP contribution in [0, 0.1) is 0 Å². The third-order valence-corrected chi connectivity index (χ3v) is 4.84. The van der Waals surface area contributed by atoms with Crippen molar-refractivity contribution in [3.05, 3.63) is 70.5 Å². The second kappa shape index (κ2) is 9.00. The molecule has 2 amide bonds. The molecule has 3 rings (SSSR count). The number of methoxy groups -OCH3 is 1. The molecule has 0 spiro atoms. The maximum atomic E-state index is 13.0. The average Bonchev–Trinajstić information content (AvgIpc) is 3.17. The van der Waals surface area contributed by atoms with Crippen LogP contribution >= 0.6 is 11.6 Å². The molecule has 8 heteroatoms. The van der Waals surface area contributed by atoms with Gasteiger partial charge in [0.2, 0.25) is 0 Å². The predicted octanol–water partition coefficient (Wildman–Crippen LogP) is 4.05. The van der Waals surface area contributed by atoms with Crippen molar-refractivity contribution >= 4 is 29.1 Å². The number of ether oxygens (including phenoxy) is 1. The number of nitrogens with one attached hydrogen (secondary N) is 1. The van der Waals surface area contributed by atoms with Crippen molar-refractivity contribution in [2.75, 3.05) is 26.5 Å². The fourth-order valence-electron chi connectivity index (χ4n) is 3.12. The maximum Gasteiger partial charge on any atom is 0.259 e. The Kier molecular flexibility index (Phi) is 6.42. The highest BCUT2D eigenvalue weighted by Crippen LogP contribution is 2.27. The van der Waals surface area contributed by atoms with E-state index in [0.29, 0.717) is 34.0 Å². The summed E-state index contributed by atoms with van der Waals surface area (Å²) in [5.41, 5.74) is 2.81. The number of rotatable bonds is 6. The average molecular weight is 427 g/mol. The van der Waals surface area contributed by atoms with Crippen LogP contribution in [0.1, 0.15) is 33.3 Å². The molecule has 7 nitrogen and oxygen atoms in total. The highest BCUT2D eigenvalue weighted by Gasteiger charge is 2.20. The lowest BCUT2D eigenvalue weighted by Gasteiger charge is -2.14. The molecule has 0 aliphatic rings. The van der Waals surface area contributed by atoms with Gasteiger partial charge >= 0.3 is 0 Å². The summed E-state index contributed by atoms with van der Waals surface area (Å²) < 4.78 is 7.04. The van der Waals surface area contributed by atoms with E-state index in [1.165, 1.54) is 18.2 Å². The normalized spacial score (nSPS) is 10.6. The third kappa shape index (κ3) is 4.31. The molecule has 156 valence electrons. The largest absolute Gasteiger partial charge is 0.495 e. The summed E-state index contributed by atoms with van der Waals surface area (Å²) in [4.78, 5) is 26.8. The van der Waals surface area contributed by atoms with Crippen molar-refractivity contribution in [3.63, 3.8) is 0 Å². The van der Waals surface area contributed by atoms with Gasteiger partial charge in [-0.1, -0.05) is 24.6 Å². The molecule has 0 aliphatic carbocycles. The highest BCUT2D eigenvalue weighted by atomic mass is 35.5. The van der Waals surface area contributed by atoms with Crippen LogP contribution in [0.4, 0.5) is 5.69 Å². The molecule has 30 heavy (non-hydrogen) atoms. The van der Waals surface area contributed by atoms with Gasteiger partial charge in [0.05, 0.1) is 35.9 Å². The van der Waals surface area contributed by atoms with Crippen molar-refractivity contribution in [2.45, 2.75) is 13.3 Å². The first-order valence-corrected chi connectivity index (χ1v) is 9.77. The first-order valence-electron chi connectivity index (χ1n) is 9.39. The Balaban J connectivity index is 1.95. The minimum atomic E-state index is -0.340. The van der Waals surface area contributed by atoms with Gasteiger partial charge in [0.25, 0.3) is 11.8 Å². The van der Waals surface area contributed by atoms with Crippen molar-refractivity contribution in [1.29, 1.82) is 0 Å². The molecular formula is C22H23ClN4O3. The summed E-state index contributed by atoms with van der Waals surface area (Å²) in [6.45, 7) is 1.95. The highest BCUT2D eigenvalue weighted by molar-refractivity contribution is 6.30. The van der Waals surface area contributed by atoms with Gasteiger partial charge in [-0.15, -0.1) is 0 Å². The van der Waals surface area contributed by atoms with E-state index >= 15 is 0 Å². The van der Waals surface area contributed by atoms with Gasteiger partial charge < -0.3 is 15.0 Å². The molecular weight excluding hydrogens is 404 g/mol. The number of benzene rings is 2. The van der Waals surface area contributed by atoms with Crippen LogP contribution in [-0.2, 0) is 6.42 Å². The van der Waals surface area contributed by atoms with Crippen LogP contribution in [0.5, 0.6) is 5.75 Å². The summed E-state index contributed by atoms with van der Waals surface area (Å²) in [5, 5.41) is 7.81. The van der Waals surface area contributed by atoms with Crippen LogP contribution in [0.15, 0.2) is 48.7 Å². The Bertz CT molecular complexity index is 1090. The van der Waals surface area contributed by atoms with Crippen LogP contribution in [0.2, 0.25) is 5.02 Å². The van der Waals surface area contributed by atoms with Crippen molar-refractivity contribution in [1.82, 2.24) is 14.7 Å². The lowest BCUT2D eigenvalue weighted by atomic mass is 10.1. The molecule has 0 radical (unpaired) electrons.